The Kier molecular flexibility index (Phi) is 6.69. The molecule has 33 heavy (non-hydrogen) atoms. The van der Waals surface area contributed by atoms with E-state index in [-0.39, 0.29) is 32.6 Å². The maximum Gasteiger partial charge on any atom is 0.293 e. The molecular formula is C19H18N6O6S2. The van der Waals surface area contributed by atoms with Gasteiger partial charge >= 0.3 is 0 Å². The zero-order valence-corrected chi connectivity index (χ0v) is 19.2. The summed E-state index contributed by atoms with van der Waals surface area (Å²) in [5, 5.41) is 21.2. The number of anilines is 3. The minimum absolute atomic E-state index is 0.00895. The maximum absolute atomic E-state index is 13.1. The molecule has 0 aliphatic rings. The van der Waals surface area contributed by atoms with E-state index in [2.05, 4.69) is 20.2 Å². The lowest BCUT2D eigenvalue weighted by atomic mass is 9.97. The maximum atomic E-state index is 13.1. The topological polar surface area (TPSA) is 164 Å². The van der Waals surface area contributed by atoms with Crippen molar-refractivity contribution in [3.05, 3.63) is 69.3 Å². The third kappa shape index (κ3) is 5.67. The van der Waals surface area contributed by atoms with Crippen LogP contribution in [0.15, 0.2) is 42.5 Å². The van der Waals surface area contributed by atoms with E-state index in [9.17, 15) is 28.1 Å². The van der Waals surface area contributed by atoms with Crippen LogP contribution in [0.1, 0.15) is 26.3 Å². The Balaban J connectivity index is 1.90. The van der Waals surface area contributed by atoms with E-state index in [1.807, 2.05) is 0 Å². The molecule has 12 nitrogen and oxygen atoms in total. The van der Waals surface area contributed by atoms with Crippen LogP contribution in [0.5, 0.6) is 0 Å². The SMILES string of the molecule is CN(C)c1ccc(C(=O)c2ccccc2C(=O)Nc2nnc(NS(C)(=O)=O)s2)cc1[N+](=O)[O-]. The van der Waals surface area contributed by atoms with Gasteiger partial charge in [-0.15, -0.1) is 10.2 Å². The quantitative estimate of drug-likeness (QED) is 0.274. The van der Waals surface area contributed by atoms with Crippen molar-refractivity contribution in [2.45, 2.75) is 0 Å². The first-order chi connectivity index (χ1) is 15.5. The summed E-state index contributed by atoms with van der Waals surface area (Å²) in [5.74, 6) is -1.26. The summed E-state index contributed by atoms with van der Waals surface area (Å²) in [5.41, 5.74) is 0.170. The highest BCUT2D eigenvalue weighted by Gasteiger charge is 2.23. The van der Waals surface area contributed by atoms with E-state index < -0.39 is 26.6 Å². The molecule has 0 atom stereocenters. The zero-order chi connectivity index (χ0) is 24.3. The molecule has 2 aromatic carbocycles. The first-order valence-electron chi connectivity index (χ1n) is 9.18. The third-order valence-electron chi connectivity index (χ3n) is 4.25. The van der Waals surface area contributed by atoms with Gasteiger partial charge in [-0.3, -0.25) is 29.7 Å². The predicted molar refractivity (Wildman–Crippen MR) is 124 cm³/mol. The summed E-state index contributed by atoms with van der Waals surface area (Å²) in [7, 11) is -0.268. The molecule has 2 N–H and O–H groups in total. The molecule has 0 saturated heterocycles. The van der Waals surface area contributed by atoms with Crippen molar-refractivity contribution in [2.24, 2.45) is 0 Å². The summed E-state index contributed by atoms with van der Waals surface area (Å²) in [4.78, 5) is 38.4. The predicted octanol–water partition coefficient (Wildman–Crippen LogP) is 2.37. The second kappa shape index (κ2) is 9.30. The molecule has 0 spiro atoms. The fourth-order valence-electron chi connectivity index (χ4n) is 2.86. The number of nitrogens with zero attached hydrogens (tertiary/aromatic N) is 4. The van der Waals surface area contributed by atoms with Crippen LogP contribution in [0.25, 0.3) is 0 Å². The van der Waals surface area contributed by atoms with Gasteiger partial charge in [0.05, 0.1) is 16.7 Å². The van der Waals surface area contributed by atoms with Crippen molar-refractivity contribution in [2.75, 3.05) is 35.3 Å². The van der Waals surface area contributed by atoms with Crippen molar-refractivity contribution in [1.29, 1.82) is 0 Å². The molecule has 0 fully saturated rings. The molecule has 172 valence electrons. The number of aromatic nitrogens is 2. The molecule has 0 aliphatic heterocycles. The van der Waals surface area contributed by atoms with Gasteiger partial charge < -0.3 is 4.90 Å². The van der Waals surface area contributed by atoms with Gasteiger partial charge in [-0.2, -0.15) is 0 Å². The summed E-state index contributed by atoms with van der Waals surface area (Å²) in [6.45, 7) is 0. The second-order valence-corrected chi connectivity index (χ2v) is 9.70. The Hall–Kier alpha value is -3.91. The molecule has 1 amide bonds. The zero-order valence-electron chi connectivity index (χ0n) is 17.6. The Morgan fingerprint density at radius 2 is 1.70 bits per heavy atom. The molecule has 1 aromatic heterocycles. The van der Waals surface area contributed by atoms with Crippen molar-refractivity contribution < 1.29 is 22.9 Å². The van der Waals surface area contributed by atoms with Crippen molar-refractivity contribution in [1.82, 2.24) is 10.2 Å². The first-order valence-corrected chi connectivity index (χ1v) is 11.9. The Morgan fingerprint density at radius 3 is 2.30 bits per heavy atom. The standard InChI is InChI=1S/C19H18N6O6S2/c1-24(2)14-9-8-11(10-15(14)25(28)29)16(26)12-6-4-5-7-13(12)17(27)20-18-21-22-19(32-18)23-33(3,30)31/h4-10H,1-3H3,(H,22,23)(H,20,21,27). The fourth-order valence-corrected chi connectivity index (χ4v) is 4.33. The lowest BCUT2D eigenvalue weighted by Crippen LogP contribution is -2.17. The van der Waals surface area contributed by atoms with Gasteiger partial charge in [-0.25, -0.2) is 8.42 Å². The molecule has 14 heteroatoms. The summed E-state index contributed by atoms with van der Waals surface area (Å²) < 4.78 is 24.7. The van der Waals surface area contributed by atoms with Crippen LogP contribution in [0.2, 0.25) is 0 Å². The van der Waals surface area contributed by atoms with Crippen LogP contribution in [-0.4, -0.2) is 55.6 Å². The van der Waals surface area contributed by atoms with Crippen LogP contribution < -0.4 is 14.9 Å². The highest BCUT2D eigenvalue weighted by atomic mass is 32.2. The van der Waals surface area contributed by atoms with Crippen molar-refractivity contribution >= 4 is 54.7 Å². The number of hydrogen-bond donors (Lipinski definition) is 2. The summed E-state index contributed by atoms with van der Waals surface area (Å²) >= 11 is 0.794. The van der Waals surface area contributed by atoms with E-state index in [1.54, 1.807) is 31.1 Å². The van der Waals surface area contributed by atoms with Crippen LogP contribution >= 0.6 is 11.3 Å². The van der Waals surface area contributed by atoms with E-state index in [1.165, 1.54) is 30.3 Å². The van der Waals surface area contributed by atoms with Gasteiger partial charge in [0.1, 0.15) is 5.69 Å². The number of carbonyl (C=O) groups is 2. The molecule has 3 rings (SSSR count). The smallest absolute Gasteiger partial charge is 0.293 e. The first kappa shape index (κ1) is 23.7. The molecule has 0 bridgehead atoms. The molecule has 0 unspecified atom stereocenters. The largest absolute Gasteiger partial charge is 0.372 e. The van der Waals surface area contributed by atoms with Gasteiger partial charge in [0.15, 0.2) is 5.78 Å². The number of hydrogen-bond acceptors (Lipinski definition) is 10. The lowest BCUT2D eigenvalue weighted by molar-refractivity contribution is -0.384. The summed E-state index contributed by atoms with van der Waals surface area (Å²) in [6.07, 6.45) is 0.948. The Morgan fingerprint density at radius 1 is 1.06 bits per heavy atom. The minimum Gasteiger partial charge on any atom is -0.372 e. The Labute approximate surface area is 192 Å². The van der Waals surface area contributed by atoms with Crippen LogP contribution in [-0.2, 0) is 10.0 Å². The van der Waals surface area contributed by atoms with Crippen LogP contribution in [0.4, 0.5) is 21.6 Å². The number of benzene rings is 2. The minimum atomic E-state index is -3.56. The van der Waals surface area contributed by atoms with Crippen LogP contribution in [0, 0.1) is 10.1 Å². The number of rotatable bonds is 8. The number of nitro benzene ring substituents is 1. The highest BCUT2D eigenvalue weighted by Crippen LogP contribution is 2.29. The van der Waals surface area contributed by atoms with E-state index in [4.69, 9.17) is 0 Å². The number of ketones is 1. The van der Waals surface area contributed by atoms with Gasteiger partial charge in [0, 0.05) is 31.3 Å². The molecule has 1 heterocycles. The van der Waals surface area contributed by atoms with Gasteiger partial charge in [-0.1, -0.05) is 29.5 Å². The fraction of sp³-hybridized carbons (Fsp3) is 0.158. The highest BCUT2D eigenvalue weighted by molar-refractivity contribution is 7.92. The van der Waals surface area contributed by atoms with E-state index >= 15 is 0 Å². The number of amides is 1. The van der Waals surface area contributed by atoms with Gasteiger partial charge in [0.25, 0.3) is 11.6 Å². The summed E-state index contributed by atoms with van der Waals surface area (Å²) in [6, 6.07) is 10.0. The second-order valence-electron chi connectivity index (χ2n) is 6.97. The van der Waals surface area contributed by atoms with Crippen LogP contribution in [0.3, 0.4) is 0 Å². The Bertz CT molecular complexity index is 1350. The van der Waals surface area contributed by atoms with Crippen molar-refractivity contribution in [3.63, 3.8) is 0 Å². The number of nitrogens with one attached hydrogen (secondary N) is 2. The molecule has 0 radical (unpaired) electrons. The molecular weight excluding hydrogens is 472 g/mol. The normalized spacial score (nSPS) is 11.0. The average molecular weight is 491 g/mol. The molecule has 0 saturated carbocycles. The number of sulfonamides is 1. The van der Waals surface area contributed by atoms with Gasteiger partial charge in [-0.05, 0) is 18.2 Å². The third-order valence-corrected chi connectivity index (χ3v) is 5.70. The van der Waals surface area contributed by atoms with Crippen molar-refractivity contribution in [3.8, 4) is 0 Å². The molecule has 3 aromatic rings. The number of nitro groups is 1. The lowest BCUT2D eigenvalue weighted by Gasteiger charge is -2.13. The van der Waals surface area contributed by atoms with E-state index in [0.717, 1.165) is 17.6 Å². The van der Waals surface area contributed by atoms with Gasteiger partial charge in [0.2, 0.25) is 20.3 Å². The number of carbonyl (C=O) groups excluding carboxylic acids is 2. The van der Waals surface area contributed by atoms with E-state index in [0.29, 0.717) is 5.69 Å². The molecule has 0 aliphatic carbocycles. The average Bonchev–Trinajstić information content (AvgIpc) is 3.17. The monoisotopic (exact) mass is 490 g/mol.